The highest BCUT2D eigenvalue weighted by Gasteiger charge is 2.74. The van der Waals surface area contributed by atoms with Crippen molar-refractivity contribution in [3.05, 3.63) is 36.3 Å². The van der Waals surface area contributed by atoms with Gasteiger partial charge in [-0.3, -0.25) is 14.4 Å². The molecule has 0 saturated carbocycles. The van der Waals surface area contributed by atoms with E-state index in [0.717, 1.165) is 0 Å². The Morgan fingerprint density at radius 1 is 1.40 bits per heavy atom. The van der Waals surface area contributed by atoms with Crippen molar-refractivity contribution in [1.29, 1.82) is 0 Å². The fourth-order valence-electron chi connectivity index (χ4n) is 5.25. The number of ketones is 1. The maximum absolute atomic E-state index is 13.3. The van der Waals surface area contributed by atoms with Gasteiger partial charge in [0.1, 0.15) is 23.1 Å². The number of Topliss-reactive ketones (excluding diaryl/α,β-unsaturated/α-hetero) is 1. The second-order valence-electron chi connectivity index (χ2n) is 7.32. The Hall–Kier alpha value is -2.41. The fraction of sp³-hybridized carbons (Fsp3) is 0.500. The van der Waals surface area contributed by atoms with Crippen LogP contribution in [0.15, 0.2) is 35.0 Å². The summed E-state index contributed by atoms with van der Waals surface area (Å²) in [5.74, 6) is -2.85. The van der Waals surface area contributed by atoms with Gasteiger partial charge in [0, 0.05) is 12.3 Å². The Labute approximate surface area is 143 Å². The summed E-state index contributed by atoms with van der Waals surface area (Å²) >= 11 is 0. The Morgan fingerprint density at radius 3 is 2.88 bits per heavy atom. The normalized spacial score (nSPS) is 44.3. The number of carboxylic acid groups (broad SMARTS) is 1. The smallest absolute Gasteiger partial charge is 0.310 e. The highest BCUT2D eigenvalue weighted by Crippen LogP contribution is 2.59. The van der Waals surface area contributed by atoms with Gasteiger partial charge in [-0.2, -0.15) is 0 Å². The molecule has 5 rings (SSSR count). The largest absolute Gasteiger partial charge is 0.481 e. The van der Waals surface area contributed by atoms with E-state index in [1.807, 2.05) is 0 Å². The molecular weight excluding hydrogens is 326 g/mol. The number of carboxylic acids is 1. The average molecular weight is 343 g/mol. The molecule has 4 aliphatic rings. The molecular formula is C18H17NO6. The van der Waals surface area contributed by atoms with Crippen LogP contribution in [0, 0.1) is 17.8 Å². The van der Waals surface area contributed by atoms with Crippen molar-refractivity contribution in [3.8, 4) is 0 Å². The lowest BCUT2D eigenvalue weighted by Gasteiger charge is -2.43. The molecule has 2 bridgehead atoms. The Kier molecular flexibility index (Phi) is 2.74. The molecule has 0 aliphatic carbocycles. The number of carbonyl (C=O) groups excluding carboxylic acids is 2. The number of piperidine rings is 1. The molecule has 7 nitrogen and oxygen atoms in total. The number of aliphatic carboxylic acids is 1. The number of nitrogens with zero attached hydrogens (tertiary/aromatic N) is 1. The first-order valence-corrected chi connectivity index (χ1v) is 8.44. The van der Waals surface area contributed by atoms with E-state index in [2.05, 4.69) is 0 Å². The molecule has 7 heteroatoms. The van der Waals surface area contributed by atoms with Gasteiger partial charge in [-0.15, -0.1) is 0 Å². The number of hydrogen-bond donors (Lipinski definition) is 1. The molecule has 130 valence electrons. The highest BCUT2D eigenvalue weighted by atomic mass is 16.5. The number of fused-ring (bicyclic) bond motifs is 2. The summed E-state index contributed by atoms with van der Waals surface area (Å²) in [5, 5.41) is 9.63. The van der Waals surface area contributed by atoms with Crippen LogP contribution in [-0.4, -0.2) is 45.4 Å². The molecule has 0 radical (unpaired) electrons. The van der Waals surface area contributed by atoms with Gasteiger partial charge >= 0.3 is 5.97 Å². The van der Waals surface area contributed by atoms with Crippen molar-refractivity contribution in [2.24, 2.45) is 17.8 Å². The minimum atomic E-state index is -1.04. The molecule has 1 spiro atoms. The lowest BCUT2D eigenvalue weighted by molar-refractivity contribution is -0.152. The third-order valence-corrected chi connectivity index (χ3v) is 6.24. The van der Waals surface area contributed by atoms with E-state index in [9.17, 15) is 19.5 Å². The van der Waals surface area contributed by atoms with Crippen molar-refractivity contribution < 1.29 is 28.6 Å². The number of hydrogen-bond acceptors (Lipinski definition) is 5. The van der Waals surface area contributed by atoms with Gasteiger partial charge < -0.3 is 19.2 Å². The minimum Gasteiger partial charge on any atom is -0.481 e. The van der Waals surface area contributed by atoms with Gasteiger partial charge in [-0.05, 0) is 12.1 Å². The number of furan rings is 1. The predicted octanol–water partition coefficient (Wildman–Crippen LogP) is 1.16. The summed E-state index contributed by atoms with van der Waals surface area (Å²) in [6.07, 6.45) is 4.59. The van der Waals surface area contributed by atoms with Gasteiger partial charge in [0.15, 0.2) is 0 Å². The molecule has 7 atom stereocenters. The van der Waals surface area contributed by atoms with E-state index < -0.39 is 47.5 Å². The molecule has 0 unspecified atom stereocenters. The van der Waals surface area contributed by atoms with E-state index >= 15 is 0 Å². The zero-order chi connectivity index (χ0) is 17.5. The van der Waals surface area contributed by atoms with Crippen molar-refractivity contribution >= 4 is 17.7 Å². The summed E-state index contributed by atoms with van der Waals surface area (Å²) in [6.45, 7) is 1.79. The fourth-order valence-corrected chi connectivity index (χ4v) is 5.25. The number of rotatable bonds is 2. The Balaban J connectivity index is 1.67. The monoisotopic (exact) mass is 343 g/mol. The lowest BCUT2D eigenvalue weighted by atomic mass is 9.71. The van der Waals surface area contributed by atoms with Crippen LogP contribution in [0.4, 0.5) is 0 Å². The SMILES string of the molecule is C[C@@H]1C(=O)C[C@@H](c2ccco2)N2C(=O)[C@H]3[C@@H](C(=O)O)[C@H]4C=C[C@@]3(O4)[C@@H]12. The van der Waals surface area contributed by atoms with Crippen LogP contribution < -0.4 is 0 Å². The summed E-state index contributed by atoms with van der Waals surface area (Å²) in [6, 6.07) is 2.44. The molecule has 3 saturated heterocycles. The van der Waals surface area contributed by atoms with Crippen LogP contribution in [0.3, 0.4) is 0 Å². The van der Waals surface area contributed by atoms with Gasteiger partial charge in [-0.25, -0.2) is 0 Å². The standard InChI is InChI=1S/C18H17NO6/c1-8-10(20)7-9(11-3-2-6-24-11)19-15(8)18-5-4-12(25-18)13(17(22)23)14(18)16(19)21/h2-6,8-9,12-15H,7H2,1H3,(H,22,23)/t8-,9+,12-,13+,14-,15-,18+/m1/s1. The van der Waals surface area contributed by atoms with Gasteiger partial charge in [0.25, 0.3) is 0 Å². The van der Waals surface area contributed by atoms with Crippen LogP contribution in [0.5, 0.6) is 0 Å². The number of ether oxygens (including phenoxy) is 1. The number of amides is 1. The molecule has 5 heterocycles. The molecule has 1 N–H and O–H groups in total. The first-order valence-electron chi connectivity index (χ1n) is 8.44. The topological polar surface area (TPSA) is 97.1 Å². The third-order valence-electron chi connectivity index (χ3n) is 6.24. The molecule has 4 aliphatic heterocycles. The zero-order valence-corrected chi connectivity index (χ0v) is 13.5. The third kappa shape index (κ3) is 1.62. The molecule has 25 heavy (non-hydrogen) atoms. The van der Waals surface area contributed by atoms with Crippen molar-refractivity contribution in [1.82, 2.24) is 4.90 Å². The number of carbonyl (C=O) groups is 3. The first kappa shape index (κ1) is 14.9. The van der Waals surface area contributed by atoms with E-state index in [1.165, 1.54) is 6.26 Å². The predicted molar refractivity (Wildman–Crippen MR) is 82.2 cm³/mol. The molecule has 1 aromatic heterocycles. The summed E-state index contributed by atoms with van der Waals surface area (Å²) in [4.78, 5) is 39.3. The maximum atomic E-state index is 13.3. The molecule has 0 aromatic carbocycles. The summed E-state index contributed by atoms with van der Waals surface area (Å²) in [5.41, 5.74) is -1.04. The maximum Gasteiger partial charge on any atom is 0.310 e. The first-order chi connectivity index (χ1) is 12.0. The Bertz CT molecular complexity index is 814. The molecule has 3 fully saturated rings. The van der Waals surface area contributed by atoms with Crippen molar-refractivity contribution in [2.45, 2.75) is 37.1 Å². The zero-order valence-electron chi connectivity index (χ0n) is 13.5. The minimum absolute atomic E-state index is 0.0321. The van der Waals surface area contributed by atoms with E-state index in [1.54, 1.807) is 36.1 Å². The Morgan fingerprint density at radius 2 is 2.20 bits per heavy atom. The van der Waals surface area contributed by atoms with E-state index in [4.69, 9.17) is 9.15 Å². The summed E-state index contributed by atoms with van der Waals surface area (Å²) in [7, 11) is 0. The van der Waals surface area contributed by atoms with Crippen molar-refractivity contribution in [2.75, 3.05) is 0 Å². The van der Waals surface area contributed by atoms with Gasteiger partial charge in [0.05, 0.1) is 30.4 Å². The van der Waals surface area contributed by atoms with Gasteiger partial charge in [0.2, 0.25) is 5.91 Å². The van der Waals surface area contributed by atoms with Crippen LogP contribution in [-0.2, 0) is 19.1 Å². The van der Waals surface area contributed by atoms with Crippen LogP contribution in [0.1, 0.15) is 25.1 Å². The second-order valence-corrected chi connectivity index (χ2v) is 7.32. The second kappa shape index (κ2) is 4.60. The highest BCUT2D eigenvalue weighted by molar-refractivity contribution is 5.95. The van der Waals surface area contributed by atoms with Crippen molar-refractivity contribution in [3.63, 3.8) is 0 Å². The van der Waals surface area contributed by atoms with E-state index in [-0.39, 0.29) is 18.1 Å². The molecule has 1 amide bonds. The van der Waals surface area contributed by atoms with E-state index in [0.29, 0.717) is 5.76 Å². The average Bonchev–Trinajstić information content (AvgIpc) is 3.32. The van der Waals surface area contributed by atoms with Crippen LogP contribution in [0.25, 0.3) is 0 Å². The van der Waals surface area contributed by atoms with Crippen LogP contribution in [0.2, 0.25) is 0 Å². The lowest BCUT2D eigenvalue weighted by Crippen LogP contribution is -2.55. The summed E-state index contributed by atoms with van der Waals surface area (Å²) < 4.78 is 11.5. The van der Waals surface area contributed by atoms with Gasteiger partial charge in [-0.1, -0.05) is 19.1 Å². The molecule has 1 aromatic rings. The van der Waals surface area contributed by atoms with Crippen LogP contribution >= 0.6 is 0 Å². The quantitative estimate of drug-likeness (QED) is 0.810.